The Morgan fingerprint density at radius 3 is 2.54 bits per heavy atom. The van der Waals surface area contributed by atoms with Crippen molar-refractivity contribution in [2.75, 3.05) is 13.3 Å². The summed E-state index contributed by atoms with van der Waals surface area (Å²) in [7, 11) is 0. The van der Waals surface area contributed by atoms with Gasteiger partial charge in [-0.25, -0.2) is 4.79 Å². The van der Waals surface area contributed by atoms with Crippen LogP contribution in [0.4, 0.5) is 4.79 Å². The Bertz CT molecular complexity index is 533. The molecule has 0 heterocycles. The molecule has 24 heavy (non-hydrogen) atoms. The summed E-state index contributed by atoms with van der Waals surface area (Å²) in [5.74, 6) is -0.252. The Hall–Kier alpha value is -1.78. The maximum absolute atomic E-state index is 12.6. The molecule has 5 heteroatoms. The fourth-order valence-electron chi connectivity index (χ4n) is 3.22. The summed E-state index contributed by atoms with van der Waals surface area (Å²) in [6.45, 7) is 7.97. The highest BCUT2D eigenvalue weighted by atomic mass is 16.7. The van der Waals surface area contributed by atoms with Gasteiger partial charge in [-0.15, -0.1) is 0 Å². The van der Waals surface area contributed by atoms with Gasteiger partial charge >= 0.3 is 12.1 Å². The first kappa shape index (κ1) is 18.6. The third kappa shape index (κ3) is 4.62. The molecule has 0 radical (unpaired) electrons. The SMILES string of the molecule is CC(C)CN(C(=O)OCOC(=O)C(C)C)[C@@H]1CCC2=CCCC=C21. The second-order valence-corrected chi connectivity index (χ2v) is 7.21. The van der Waals surface area contributed by atoms with Crippen molar-refractivity contribution < 1.29 is 19.1 Å². The van der Waals surface area contributed by atoms with E-state index in [1.807, 2.05) is 0 Å². The minimum Gasteiger partial charge on any atom is -0.428 e. The van der Waals surface area contributed by atoms with Crippen LogP contribution in [0.3, 0.4) is 0 Å². The molecule has 0 aliphatic heterocycles. The van der Waals surface area contributed by atoms with Gasteiger partial charge in [0.1, 0.15) is 0 Å². The number of esters is 1. The summed E-state index contributed by atoms with van der Waals surface area (Å²) in [6.07, 6.45) is 8.21. The standard InChI is InChI=1S/C19H29NO4/c1-13(2)11-20(19(22)24-12-23-18(21)14(3)4)17-10-9-15-7-5-6-8-16(15)17/h7-8,13-14,17H,5-6,9-12H2,1-4H3/t17-/m1/s1. The molecule has 2 aliphatic rings. The van der Waals surface area contributed by atoms with Crippen molar-refractivity contribution in [2.24, 2.45) is 11.8 Å². The summed E-state index contributed by atoms with van der Waals surface area (Å²) in [5.41, 5.74) is 2.65. The largest absolute Gasteiger partial charge is 0.428 e. The minimum absolute atomic E-state index is 0.0762. The Morgan fingerprint density at radius 2 is 1.88 bits per heavy atom. The van der Waals surface area contributed by atoms with E-state index in [4.69, 9.17) is 9.47 Å². The van der Waals surface area contributed by atoms with Gasteiger partial charge in [0.2, 0.25) is 6.79 Å². The maximum atomic E-state index is 12.6. The van der Waals surface area contributed by atoms with Gasteiger partial charge in [-0.2, -0.15) is 0 Å². The molecular weight excluding hydrogens is 306 g/mol. The summed E-state index contributed by atoms with van der Waals surface area (Å²) >= 11 is 0. The van der Waals surface area contributed by atoms with E-state index >= 15 is 0 Å². The molecular formula is C19H29NO4. The number of ether oxygens (including phenoxy) is 2. The van der Waals surface area contributed by atoms with Crippen molar-refractivity contribution >= 4 is 12.1 Å². The van der Waals surface area contributed by atoms with Crippen LogP contribution in [0.25, 0.3) is 0 Å². The van der Waals surface area contributed by atoms with Gasteiger partial charge in [0.25, 0.3) is 0 Å². The summed E-state index contributed by atoms with van der Waals surface area (Å²) < 4.78 is 10.2. The minimum atomic E-state index is -0.405. The number of carbonyl (C=O) groups is 2. The predicted molar refractivity (Wildman–Crippen MR) is 92.2 cm³/mol. The lowest BCUT2D eigenvalue weighted by atomic mass is 9.98. The van der Waals surface area contributed by atoms with Crippen LogP contribution in [0, 0.1) is 11.8 Å². The first-order valence-corrected chi connectivity index (χ1v) is 8.89. The molecule has 0 spiro atoms. The highest BCUT2D eigenvalue weighted by Gasteiger charge is 2.34. The van der Waals surface area contributed by atoms with E-state index in [1.54, 1.807) is 18.7 Å². The molecule has 0 saturated heterocycles. The van der Waals surface area contributed by atoms with Gasteiger partial charge in [-0.1, -0.05) is 39.8 Å². The average molecular weight is 335 g/mol. The van der Waals surface area contributed by atoms with E-state index in [0.717, 1.165) is 25.7 Å². The van der Waals surface area contributed by atoms with E-state index in [-0.39, 0.29) is 24.7 Å². The second-order valence-electron chi connectivity index (χ2n) is 7.21. The van der Waals surface area contributed by atoms with Crippen LogP contribution in [0.5, 0.6) is 0 Å². The van der Waals surface area contributed by atoms with Crippen LogP contribution < -0.4 is 0 Å². The molecule has 0 aromatic carbocycles. The van der Waals surface area contributed by atoms with Gasteiger partial charge in [-0.3, -0.25) is 4.79 Å². The topological polar surface area (TPSA) is 55.8 Å². The number of allylic oxidation sites excluding steroid dienone is 2. The molecule has 134 valence electrons. The van der Waals surface area contributed by atoms with Crippen LogP contribution in [-0.4, -0.2) is 36.3 Å². The number of fused-ring (bicyclic) bond motifs is 1. The zero-order valence-electron chi connectivity index (χ0n) is 15.2. The normalized spacial score (nSPS) is 19.7. The van der Waals surface area contributed by atoms with Gasteiger partial charge in [0, 0.05) is 6.54 Å². The summed E-state index contributed by atoms with van der Waals surface area (Å²) in [5, 5.41) is 0. The molecule has 1 saturated carbocycles. The van der Waals surface area contributed by atoms with Gasteiger partial charge in [0.05, 0.1) is 12.0 Å². The number of hydrogen-bond donors (Lipinski definition) is 0. The highest BCUT2D eigenvalue weighted by molar-refractivity contribution is 5.72. The van der Waals surface area contributed by atoms with E-state index in [0.29, 0.717) is 12.5 Å². The second kappa shape index (κ2) is 8.36. The van der Waals surface area contributed by atoms with E-state index in [1.165, 1.54) is 11.1 Å². The zero-order valence-corrected chi connectivity index (χ0v) is 15.2. The molecule has 0 bridgehead atoms. The molecule has 0 N–H and O–H groups in total. The summed E-state index contributed by atoms with van der Waals surface area (Å²) in [4.78, 5) is 25.8. The quantitative estimate of drug-likeness (QED) is 0.543. The Morgan fingerprint density at radius 1 is 1.17 bits per heavy atom. The van der Waals surface area contributed by atoms with Crippen molar-refractivity contribution in [3.05, 3.63) is 23.3 Å². The smallest absolute Gasteiger partial charge is 0.413 e. The molecule has 0 aromatic rings. The fourth-order valence-corrected chi connectivity index (χ4v) is 3.22. The van der Waals surface area contributed by atoms with E-state index < -0.39 is 6.09 Å². The number of rotatable bonds is 6. The van der Waals surface area contributed by atoms with Crippen molar-refractivity contribution in [1.82, 2.24) is 4.90 Å². The summed E-state index contributed by atoms with van der Waals surface area (Å²) in [6, 6.07) is 0.0762. The predicted octanol–water partition coefficient (Wildman–Crippen LogP) is 4.05. The fraction of sp³-hybridized carbons (Fsp3) is 0.684. The first-order chi connectivity index (χ1) is 11.4. The van der Waals surface area contributed by atoms with E-state index in [2.05, 4.69) is 26.0 Å². The Labute approximate surface area is 144 Å². The lowest BCUT2D eigenvalue weighted by molar-refractivity contribution is -0.156. The zero-order chi connectivity index (χ0) is 17.7. The van der Waals surface area contributed by atoms with Crippen LogP contribution in [-0.2, 0) is 14.3 Å². The third-order valence-corrected chi connectivity index (χ3v) is 4.37. The third-order valence-electron chi connectivity index (χ3n) is 4.37. The van der Waals surface area contributed by atoms with Crippen LogP contribution in [0.2, 0.25) is 0 Å². The molecule has 1 fully saturated rings. The lowest BCUT2D eigenvalue weighted by Gasteiger charge is -2.31. The molecule has 1 amide bonds. The lowest BCUT2D eigenvalue weighted by Crippen LogP contribution is -2.43. The van der Waals surface area contributed by atoms with Crippen molar-refractivity contribution in [1.29, 1.82) is 0 Å². The first-order valence-electron chi connectivity index (χ1n) is 8.89. The Kier molecular flexibility index (Phi) is 6.46. The number of amides is 1. The highest BCUT2D eigenvalue weighted by Crippen LogP contribution is 2.37. The van der Waals surface area contributed by atoms with Crippen LogP contribution in [0.15, 0.2) is 23.3 Å². The number of nitrogens with zero attached hydrogens (tertiary/aromatic N) is 1. The molecule has 2 rings (SSSR count). The molecule has 1 atom stereocenters. The molecule has 5 nitrogen and oxygen atoms in total. The van der Waals surface area contributed by atoms with Crippen LogP contribution >= 0.6 is 0 Å². The van der Waals surface area contributed by atoms with Gasteiger partial charge in [0.15, 0.2) is 0 Å². The van der Waals surface area contributed by atoms with Crippen molar-refractivity contribution in [2.45, 2.75) is 59.4 Å². The van der Waals surface area contributed by atoms with Gasteiger partial charge < -0.3 is 14.4 Å². The van der Waals surface area contributed by atoms with Crippen molar-refractivity contribution in [3.63, 3.8) is 0 Å². The molecule has 0 unspecified atom stereocenters. The number of hydrogen-bond acceptors (Lipinski definition) is 4. The number of carbonyl (C=O) groups excluding carboxylic acids is 2. The van der Waals surface area contributed by atoms with Crippen LogP contribution in [0.1, 0.15) is 53.4 Å². The van der Waals surface area contributed by atoms with Gasteiger partial charge in [-0.05, 0) is 42.7 Å². The average Bonchev–Trinajstić information content (AvgIpc) is 2.95. The Balaban J connectivity index is 2.00. The monoisotopic (exact) mass is 335 g/mol. The molecule has 2 aliphatic carbocycles. The van der Waals surface area contributed by atoms with Crippen molar-refractivity contribution in [3.8, 4) is 0 Å². The van der Waals surface area contributed by atoms with E-state index in [9.17, 15) is 9.59 Å². The maximum Gasteiger partial charge on any atom is 0.413 e. The molecule has 0 aromatic heterocycles.